The second-order valence-electron chi connectivity index (χ2n) is 4.61. The predicted molar refractivity (Wildman–Crippen MR) is 59.4 cm³/mol. The van der Waals surface area contributed by atoms with Crippen LogP contribution in [0.15, 0.2) is 12.1 Å². The maximum atomic E-state index is 11.7. The number of hydrogen-bond donors (Lipinski definition) is 0. The molecular weight excluding hydrogens is 226 g/mol. The molecule has 2 aliphatic rings. The lowest BCUT2D eigenvalue weighted by molar-refractivity contribution is -0.142. The van der Waals surface area contributed by atoms with Crippen molar-refractivity contribution in [2.45, 2.75) is 25.7 Å². The molecule has 1 saturated carbocycles. The summed E-state index contributed by atoms with van der Waals surface area (Å²) in [7, 11) is 0. The second-order valence-corrected chi connectivity index (χ2v) is 4.99. The van der Waals surface area contributed by atoms with Gasteiger partial charge in [0.25, 0.3) is 0 Å². The standard InChI is InChI=1S/C12H12ClNO2/c1-7-8(2-3-10(13)14-7)9-6-12(9)4-5-16-11(12)15/h2-3,9H,4-6H2,1H3/t9-,12+/m1/s1. The minimum Gasteiger partial charge on any atom is -0.465 e. The third-order valence-electron chi connectivity index (χ3n) is 3.73. The van der Waals surface area contributed by atoms with Gasteiger partial charge in [-0.1, -0.05) is 17.7 Å². The van der Waals surface area contributed by atoms with Gasteiger partial charge < -0.3 is 4.74 Å². The van der Waals surface area contributed by atoms with Crippen LogP contribution in [-0.4, -0.2) is 17.6 Å². The molecule has 0 N–H and O–H groups in total. The third kappa shape index (κ3) is 1.27. The molecule has 0 radical (unpaired) electrons. The van der Waals surface area contributed by atoms with E-state index in [0.717, 1.165) is 24.1 Å². The number of esters is 1. The van der Waals surface area contributed by atoms with E-state index in [1.807, 2.05) is 13.0 Å². The highest BCUT2D eigenvalue weighted by atomic mass is 35.5. The van der Waals surface area contributed by atoms with E-state index in [2.05, 4.69) is 4.98 Å². The van der Waals surface area contributed by atoms with Gasteiger partial charge >= 0.3 is 5.97 Å². The molecule has 84 valence electrons. The van der Waals surface area contributed by atoms with E-state index in [4.69, 9.17) is 16.3 Å². The van der Waals surface area contributed by atoms with Crippen LogP contribution in [0, 0.1) is 12.3 Å². The van der Waals surface area contributed by atoms with Gasteiger partial charge in [0.2, 0.25) is 0 Å². The number of aryl methyl sites for hydroxylation is 1. The summed E-state index contributed by atoms with van der Waals surface area (Å²) in [6.07, 6.45) is 1.74. The van der Waals surface area contributed by atoms with Gasteiger partial charge in [-0.2, -0.15) is 0 Å². The van der Waals surface area contributed by atoms with Crippen molar-refractivity contribution in [3.05, 3.63) is 28.5 Å². The fraction of sp³-hybridized carbons (Fsp3) is 0.500. The Kier molecular flexibility index (Phi) is 2.02. The lowest BCUT2D eigenvalue weighted by Gasteiger charge is -2.07. The van der Waals surface area contributed by atoms with Gasteiger partial charge in [0.05, 0.1) is 12.0 Å². The van der Waals surface area contributed by atoms with Crippen LogP contribution in [0.1, 0.15) is 30.0 Å². The van der Waals surface area contributed by atoms with Crippen LogP contribution in [0.4, 0.5) is 0 Å². The average molecular weight is 238 g/mol. The zero-order chi connectivity index (χ0) is 11.3. The molecule has 0 aromatic carbocycles. The number of ether oxygens (including phenoxy) is 1. The molecule has 2 heterocycles. The van der Waals surface area contributed by atoms with Gasteiger partial charge in [-0.05, 0) is 31.4 Å². The van der Waals surface area contributed by atoms with Crippen molar-refractivity contribution < 1.29 is 9.53 Å². The Morgan fingerprint density at radius 1 is 1.56 bits per heavy atom. The Labute approximate surface area is 98.8 Å². The van der Waals surface area contributed by atoms with E-state index in [0.29, 0.717) is 11.8 Å². The summed E-state index contributed by atoms with van der Waals surface area (Å²) in [5, 5.41) is 0.505. The zero-order valence-electron chi connectivity index (χ0n) is 9.00. The van der Waals surface area contributed by atoms with Crippen LogP contribution in [0.25, 0.3) is 0 Å². The highest BCUT2D eigenvalue weighted by molar-refractivity contribution is 6.29. The van der Waals surface area contributed by atoms with E-state index in [-0.39, 0.29) is 17.3 Å². The van der Waals surface area contributed by atoms with Crippen molar-refractivity contribution >= 4 is 17.6 Å². The SMILES string of the molecule is Cc1nc(Cl)ccc1[C@H]1C[C@@]12CCOC2=O. The summed E-state index contributed by atoms with van der Waals surface area (Å²) in [6.45, 7) is 2.50. The van der Waals surface area contributed by atoms with Gasteiger partial charge in [-0.15, -0.1) is 0 Å². The van der Waals surface area contributed by atoms with Gasteiger partial charge in [0.1, 0.15) is 5.15 Å². The lowest BCUT2D eigenvalue weighted by atomic mass is 9.97. The molecular formula is C12H12ClNO2. The smallest absolute Gasteiger partial charge is 0.312 e. The van der Waals surface area contributed by atoms with Crippen molar-refractivity contribution in [2.75, 3.05) is 6.61 Å². The van der Waals surface area contributed by atoms with Crippen LogP contribution in [0.3, 0.4) is 0 Å². The fourth-order valence-electron chi connectivity index (χ4n) is 2.70. The minimum atomic E-state index is -0.236. The molecule has 0 amide bonds. The Morgan fingerprint density at radius 2 is 2.38 bits per heavy atom. The zero-order valence-corrected chi connectivity index (χ0v) is 9.75. The predicted octanol–water partition coefficient (Wildman–Crippen LogP) is 2.46. The number of hydrogen-bond acceptors (Lipinski definition) is 3. The molecule has 0 bridgehead atoms. The van der Waals surface area contributed by atoms with Crippen molar-refractivity contribution in [1.29, 1.82) is 0 Å². The second kappa shape index (κ2) is 3.20. The molecule has 16 heavy (non-hydrogen) atoms. The summed E-state index contributed by atoms with van der Waals surface area (Å²) in [5.74, 6) is 0.249. The summed E-state index contributed by atoms with van der Waals surface area (Å²) in [4.78, 5) is 15.9. The normalized spacial score (nSPS) is 31.9. The van der Waals surface area contributed by atoms with Crippen LogP contribution >= 0.6 is 11.6 Å². The number of rotatable bonds is 1. The summed E-state index contributed by atoms with van der Waals surface area (Å²) >= 11 is 5.82. The Morgan fingerprint density at radius 3 is 3.00 bits per heavy atom. The summed E-state index contributed by atoms with van der Waals surface area (Å²) in [5.41, 5.74) is 1.83. The largest absolute Gasteiger partial charge is 0.465 e. The first-order chi connectivity index (χ1) is 7.63. The highest BCUT2D eigenvalue weighted by Crippen LogP contribution is 2.64. The van der Waals surface area contributed by atoms with Crippen LogP contribution in [0.2, 0.25) is 5.15 Å². The molecule has 1 aliphatic carbocycles. The fourth-order valence-corrected chi connectivity index (χ4v) is 2.89. The number of carbonyl (C=O) groups excluding carboxylic acids is 1. The molecule has 1 aliphatic heterocycles. The average Bonchev–Trinajstić information content (AvgIpc) is 2.82. The number of carbonyl (C=O) groups is 1. The molecule has 0 unspecified atom stereocenters. The van der Waals surface area contributed by atoms with Crippen molar-refractivity contribution in [3.8, 4) is 0 Å². The number of aromatic nitrogens is 1. The van der Waals surface area contributed by atoms with Crippen molar-refractivity contribution in [2.24, 2.45) is 5.41 Å². The molecule has 4 heteroatoms. The summed E-state index contributed by atoms with van der Waals surface area (Å²) < 4.78 is 5.06. The minimum absolute atomic E-state index is 0.0353. The quantitative estimate of drug-likeness (QED) is 0.556. The van der Waals surface area contributed by atoms with Gasteiger partial charge in [0, 0.05) is 11.6 Å². The lowest BCUT2D eigenvalue weighted by Crippen LogP contribution is -2.11. The van der Waals surface area contributed by atoms with Gasteiger partial charge in [0.15, 0.2) is 0 Å². The summed E-state index contributed by atoms with van der Waals surface area (Å²) in [6, 6.07) is 3.77. The third-order valence-corrected chi connectivity index (χ3v) is 3.94. The Bertz CT molecular complexity index is 474. The van der Waals surface area contributed by atoms with Crippen LogP contribution in [0.5, 0.6) is 0 Å². The Hall–Kier alpha value is -1.09. The van der Waals surface area contributed by atoms with E-state index < -0.39 is 0 Å². The molecule has 1 saturated heterocycles. The maximum Gasteiger partial charge on any atom is 0.312 e. The first-order valence-electron chi connectivity index (χ1n) is 5.44. The van der Waals surface area contributed by atoms with E-state index in [1.165, 1.54) is 0 Å². The van der Waals surface area contributed by atoms with E-state index in [9.17, 15) is 4.79 Å². The first kappa shape index (κ1) is 10.1. The number of cyclic esters (lactones) is 1. The molecule has 1 aromatic rings. The van der Waals surface area contributed by atoms with Crippen molar-refractivity contribution in [1.82, 2.24) is 4.98 Å². The number of nitrogens with zero attached hydrogens (tertiary/aromatic N) is 1. The van der Waals surface area contributed by atoms with Gasteiger partial charge in [-0.3, -0.25) is 4.79 Å². The molecule has 3 rings (SSSR count). The van der Waals surface area contributed by atoms with E-state index in [1.54, 1.807) is 6.07 Å². The Balaban J connectivity index is 1.93. The van der Waals surface area contributed by atoms with Gasteiger partial charge in [-0.25, -0.2) is 4.98 Å². The number of pyridine rings is 1. The van der Waals surface area contributed by atoms with E-state index >= 15 is 0 Å². The van der Waals surface area contributed by atoms with Crippen LogP contribution < -0.4 is 0 Å². The van der Waals surface area contributed by atoms with Crippen molar-refractivity contribution in [3.63, 3.8) is 0 Å². The molecule has 2 fully saturated rings. The molecule has 3 nitrogen and oxygen atoms in total. The highest BCUT2D eigenvalue weighted by Gasteiger charge is 2.64. The first-order valence-corrected chi connectivity index (χ1v) is 5.81. The maximum absolute atomic E-state index is 11.7. The monoisotopic (exact) mass is 237 g/mol. The van der Waals surface area contributed by atoms with Crippen LogP contribution in [-0.2, 0) is 9.53 Å². The molecule has 2 atom stereocenters. The number of halogens is 1. The molecule has 1 aromatic heterocycles. The topological polar surface area (TPSA) is 39.2 Å². The molecule has 1 spiro atoms.